The van der Waals surface area contributed by atoms with Crippen LogP contribution in [-0.2, 0) is 0 Å². The third kappa shape index (κ3) is 1.99. The number of rotatable bonds is 1. The minimum atomic E-state index is -0.380. The lowest BCUT2D eigenvalue weighted by Crippen LogP contribution is -1.95. The summed E-state index contributed by atoms with van der Waals surface area (Å²) in [4.78, 5) is 9.99. The molecule has 0 radical (unpaired) electrons. The molecular formula is C7H8NO2P. The molecule has 1 rings (SSSR count). The molecule has 0 amide bonds. The molecule has 0 spiro atoms. The lowest BCUT2D eigenvalue weighted by molar-refractivity contribution is -0.419. The van der Waals surface area contributed by atoms with Crippen molar-refractivity contribution < 1.29 is 4.92 Å². The van der Waals surface area contributed by atoms with Crippen molar-refractivity contribution in [2.24, 2.45) is 0 Å². The van der Waals surface area contributed by atoms with Crippen LogP contribution in [-0.4, -0.2) is 4.92 Å². The Morgan fingerprint density at radius 1 is 1.45 bits per heavy atom. The van der Waals surface area contributed by atoms with Crippen molar-refractivity contribution in [2.45, 2.75) is 6.42 Å². The first-order chi connectivity index (χ1) is 5.22. The van der Waals surface area contributed by atoms with Gasteiger partial charge in [0.2, 0.25) is 0 Å². The van der Waals surface area contributed by atoms with Gasteiger partial charge >= 0.3 is 0 Å². The van der Waals surface area contributed by atoms with Crippen LogP contribution in [0, 0.1) is 10.1 Å². The summed E-state index contributed by atoms with van der Waals surface area (Å²) in [6, 6.07) is 0. The molecule has 0 heterocycles. The van der Waals surface area contributed by atoms with Crippen LogP contribution >= 0.6 is 9.24 Å². The van der Waals surface area contributed by atoms with Crippen LogP contribution in [0.15, 0.2) is 35.3 Å². The lowest BCUT2D eigenvalue weighted by Gasteiger charge is -1.91. The summed E-state index contributed by atoms with van der Waals surface area (Å²) < 4.78 is 0. The van der Waals surface area contributed by atoms with E-state index in [1.165, 1.54) is 6.08 Å². The van der Waals surface area contributed by atoms with Gasteiger partial charge in [0.1, 0.15) is 0 Å². The maximum atomic E-state index is 10.4. The van der Waals surface area contributed by atoms with Gasteiger partial charge in [-0.25, -0.2) is 0 Å². The summed E-state index contributed by atoms with van der Waals surface area (Å²) in [5.41, 5.74) is 0.156. The molecule has 0 saturated carbocycles. The monoisotopic (exact) mass is 169 g/mol. The van der Waals surface area contributed by atoms with E-state index in [0.29, 0.717) is 5.31 Å². The molecule has 1 aliphatic carbocycles. The van der Waals surface area contributed by atoms with E-state index in [-0.39, 0.29) is 10.6 Å². The van der Waals surface area contributed by atoms with Crippen LogP contribution in [0.3, 0.4) is 0 Å². The third-order valence-electron chi connectivity index (χ3n) is 1.34. The van der Waals surface area contributed by atoms with Crippen molar-refractivity contribution in [1.82, 2.24) is 0 Å². The van der Waals surface area contributed by atoms with Crippen molar-refractivity contribution in [3.05, 3.63) is 45.4 Å². The molecule has 0 aromatic heterocycles. The maximum absolute atomic E-state index is 10.4. The summed E-state index contributed by atoms with van der Waals surface area (Å²) in [6.45, 7) is 0. The van der Waals surface area contributed by atoms with Crippen LogP contribution < -0.4 is 0 Å². The van der Waals surface area contributed by atoms with Crippen molar-refractivity contribution in [3.8, 4) is 0 Å². The van der Waals surface area contributed by atoms with Crippen molar-refractivity contribution in [3.63, 3.8) is 0 Å². The highest BCUT2D eigenvalue weighted by Gasteiger charge is 2.10. The van der Waals surface area contributed by atoms with E-state index in [2.05, 4.69) is 9.24 Å². The van der Waals surface area contributed by atoms with E-state index in [9.17, 15) is 10.1 Å². The molecule has 1 atom stereocenters. The summed E-state index contributed by atoms with van der Waals surface area (Å²) in [7, 11) is 2.35. The molecule has 1 aliphatic rings. The van der Waals surface area contributed by atoms with Gasteiger partial charge in [-0.1, -0.05) is 27.5 Å². The van der Waals surface area contributed by atoms with Gasteiger partial charge in [0.05, 0.1) is 4.92 Å². The lowest BCUT2D eigenvalue weighted by atomic mass is 10.4. The molecular weight excluding hydrogens is 161 g/mol. The average Bonchev–Trinajstić information content (AvgIpc) is 2.13. The SMILES string of the molecule is O=[N+]([O-])C1=C(P)C=CCC=C1. The zero-order valence-corrected chi connectivity index (χ0v) is 7.01. The van der Waals surface area contributed by atoms with Gasteiger partial charge in [-0.2, -0.15) is 0 Å². The Balaban J connectivity index is 3.04. The molecule has 1 unspecified atom stereocenters. The molecule has 0 N–H and O–H groups in total. The second-order valence-electron chi connectivity index (χ2n) is 2.14. The highest BCUT2D eigenvalue weighted by Crippen LogP contribution is 2.18. The highest BCUT2D eigenvalue weighted by atomic mass is 31.0. The second kappa shape index (κ2) is 3.44. The Morgan fingerprint density at radius 2 is 2.09 bits per heavy atom. The van der Waals surface area contributed by atoms with E-state index < -0.39 is 0 Å². The topological polar surface area (TPSA) is 43.1 Å². The smallest absolute Gasteiger partial charge is 0.258 e. The number of nitro groups is 1. The van der Waals surface area contributed by atoms with Gasteiger partial charge in [-0.15, -0.1) is 0 Å². The van der Waals surface area contributed by atoms with Crippen LogP contribution in [0.25, 0.3) is 0 Å². The first-order valence-corrected chi connectivity index (χ1v) is 3.77. The summed E-state index contributed by atoms with van der Waals surface area (Å²) in [5.74, 6) is 0. The standard InChI is InChI=1S/C7H8NO2P/c9-8(10)6-4-2-1-3-5-7(6)11/h2-5H,1,11H2. The molecule has 4 heteroatoms. The molecule has 0 aromatic carbocycles. The third-order valence-corrected chi connectivity index (χ3v) is 1.83. The molecule has 0 aliphatic heterocycles. The molecule has 3 nitrogen and oxygen atoms in total. The zero-order chi connectivity index (χ0) is 8.27. The van der Waals surface area contributed by atoms with Crippen molar-refractivity contribution >= 4 is 9.24 Å². The number of nitrogens with zero attached hydrogens (tertiary/aromatic N) is 1. The normalized spacial score (nSPS) is 16.8. The quantitative estimate of drug-likeness (QED) is 0.341. The number of allylic oxidation sites excluding steroid dienone is 5. The fourth-order valence-corrected chi connectivity index (χ4v) is 1.14. The van der Waals surface area contributed by atoms with Crippen LogP contribution in [0.4, 0.5) is 0 Å². The van der Waals surface area contributed by atoms with E-state index in [0.717, 1.165) is 6.42 Å². The Morgan fingerprint density at radius 3 is 2.73 bits per heavy atom. The second-order valence-corrected chi connectivity index (χ2v) is 2.76. The van der Waals surface area contributed by atoms with Crippen LogP contribution in [0.2, 0.25) is 0 Å². The fourth-order valence-electron chi connectivity index (χ4n) is 0.801. The van der Waals surface area contributed by atoms with Gasteiger partial charge in [0.25, 0.3) is 5.70 Å². The summed E-state index contributed by atoms with van der Waals surface area (Å²) >= 11 is 0. The van der Waals surface area contributed by atoms with E-state index in [1.54, 1.807) is 12.2 Å². The average molecular weight is 169 g/mol. The highest BCUT2D eigenvalue weighted by molar-refractivity contribution is 7.23. The van der Waals surface area contributed by atoms with Gasteiger partial charge in [0.15, 0.2) is 0 Å². The summed E-state index contributed by atoms with van der Waals surface area (Å²) in [5, 5.41) is 11.0. The fraction of sp³-hybridized carbons (Fsp3) is 0.143. The zero-order valence-electron chi connectivity index (χ0n) is 5.86. The minimum absolute atomic E-state index is 0.156. The van der Waals surface area contributed by atoms with Crippen molar-refractivity contribution in [1.29, 1.82) is 0 Å². The minimum Gasteiger partial charge on any atom is -0.258 e. The van der Waals surface area contributed by atoms with Crippen molar-refractivity contribution in [2.75, 3.05) is 0 Å². The molecule has 0 aromatic rings. The molecule has 11 heavy (non-hydrogen) atoms. The maximum Gasteiger partial charge on any atom is 0.276 e. The Kier molecular flexibility index (Phi) is 2.55. The Bertz CT molecular complexity index is 266. The molecule has 58 valence electrons. The van der Waals surface area contributed by atoms with Gasteiger partial charge < -0.3 is 0 Å². The first-order valence-electron chi connectivity index (χ1n) is 3.19. The predicted octanol–water partition coefficient (Wildman–Crippen LogP) is 1.87. The van der Waals surface area contributed by atoms with E-state index in [1.807, 2.05) is 6.08 Å². The van der Waals surface area contributed by atoms with Crippen LogP contribution in [0.5, 0.6) is 0 Å². The first kappa shape index (κ1) is 8.15. The van der Waals surface area contributed by atoms with E-state index >= 15 is 0 Å². The number of hydrogen-bond acceptors (Lipinski definition) is 2. The number of hydrogen-bond donors (Lipinski definition) is 0. The largest absolute Gasteiger partial charge is 0.276 e. The van der Waals surface area contributed by atoms with Crippen LogP contribution in [0.1, 0.15) is 6.42 Å². The summed E-state index contributed by atoms with van der Waals surface area (Å²) in [6.07, 6.45) is 7.68. The molecule has 0 fully saturated rings. The molecule has 0 saturated heterocycles. The predicted molar refractivity (Wildman–Crippen MR) is 46.6 cm³/mol. The van der Waals surface area contributed by atoms with Gasteiger partial charge in [-0.05, 0) is 6.42 Å². The Hall–Kier alpha value is -0.950. The Labute approximate surface area is 66.8 Å². The molecule has 0 bridgehead atoms. The van der Waals surface area contributed by atoms with Gasteiger partial charge in [0, 0.05) is 11.4 Å². The van der Waals surface area contributed by atoms with E-state index in [4.69, 9.17) is 0 Å². The van der Waals surface area contributed by atoms with Gasteiger partial charge in [-0.3, -0.25) is 10.1 Å².